The number of aromatic nitrogens is 4. The third kappa shape index (κ3) is 7.02. The molecule has 2 aliphatic heterocycles. The molecule has 2 aliphatic rings. The Morgan fingerprint density at radius 3 is 2.00 bits per heavy atom. The van der Waals surface area contributed by atoms with Crippen molar-refractivity contribution in [3.05, 3.63) is 121 Å². The van der Waals surface area contributed by atoms with Crippen molar-refractivity contribution in [2.75, 3.05) is 25.0 Å². The summed E-state index contributed by atoms with van der Waals surface area (Å²) in [6.07, 6.45) is 11.8. The minimum atomic E-state index is -0.231. The molecule has 3 amide bonds. The summed E-state index contributed by atoms with van der Waals surface area (Å²) in [5.74, 6) is 0.653. The van der Waals surface area contributed by atoms with Gasteiger partial charge in [0.15, 0.2) is 0 Å². The molecule has 0 unspecified atom stereocenters. The molecule has 5 heterocycles. The average Bonchev–Trinajstić information content (AvgIpc) is 3.91. The summed E-state index contributed by atoms with van der Waals surface area (Å²) in [6, 6.07) is 23.5. The molecule has 10 heteroatoms. The van der Waals surface area contributed by atoms with E-state index >= 15 is 0 Å². The normalized spacial score (nSPS) is 17.4. The number of pyridine rings is 2. The fourth-order valence-corrected chi connectivity index (χ4v) is 6.60. The Hall–Kier alpha value is -5.64. The topological polar surface area (TPSA) is 124 Å². The number of benzene rings is 2. The molecule has 0 radical (unpaired) electrons. The van der Waals surface area contributed by atoms with Crippen LogP contribution in [0.25, 0.3) is 22.4 Å². The maximum atomic E-state index is 13.1. The van der Waals surface area contributed by atoms with E-state index in [1.54, 1.807) is 29.7 Å². The van der Waals surface area contributed by atoms with E-state index < -0.39 is 0 Å². The first-order valence-corrected chi connectivity index (χ1v) is 16.4. The van der Waals surface area contributed by atoms with Gasteiger partial charge in [0.25, 0.3) is 0 Å². The molecular weight excluding hydrogens is 602 g/mol. The van der Waals surface area contributed by atoms with Gasteiger partial charge in [0, 0.05) is 50.1 Å². The maximum absolute atomic E-state index is 13.1. The molecule has 2 fully saturated rings. The minimum absolute atomic E-state index is 0.0320. The Kier molecular flexibility index (Phi) is 9.04. The standard InChI is InChI=1S/C38H37N7O3/c46-35(22-26-11-16-39-17-12-26)44-21-15-31(25-44)38(48)42-32-9-7-29(8-10-32)28-3-5-30(6-4-28)33-24-41-37(43-33)34-2-1-20-45(34)36(47)23-27-13-18-40-19-14-27/h3-14,16-19,24,31,34H,1-2,15,20-23,25H2,(H,41,43)(H,42,48)/t31-,34+/m1/s1. The van der Waals surface area contributed by atoms with Crippen molar-refractivity contribution >= 4 is 23.4 Å². The number of aromatic amines is 1. The van der Waals surface area contributed by atoms with Crippen molar-refractivity contribution in [2.45, 2.75) is 38.1 Å². The monoisotopic (exact) mass is 639 g/mol. The van der Waals surface area contributed by atoms with Crippen LogP contribution < -0.4 is 5.32 Å². The molecule has 2 saturated heterocycles. The van der Waals surface area contributed by atoms with Gasteiger partial charge < -0.3 is 20.1 Å². The number of carbonyl (C=O) groups is 3. The number of likely N-dealkylation sites (tertiary alicyclic amines) is 2. The van der Waals surface area contributed by atoms with Crippen LogP contribution >= 0.6 is 0 Å². The summed E-state index contributed by atoms with van der Waals surface area (Å²) >= 11 is 0. The van der Waals surface area contributed by atoms with Gasteiger partial charge in [-0.1, -0.05) is 36.4 Å². The molecule has 0 spiro atoms. The first kappa shape index (κ1) is 31.0. The van der Waals surface area contributed by atoms with Gasteiger partial charge in [-0.25, -0.2) is 4.98 Å². The quantitative estimate of drug-likeness (QED) is 0.221. The molecule has 5 aromatic rings. The number of nitrogens with zero attached hydrogens (tertiary/aromatic N) is 5. The molecule has 2 atom stereocenters. The Bertz CT molecular complexity index is 1880. The van der Waals surface area contributed by atoms with E-state index in [1.165, 1.54) is 0 Å². The van der Waals surface area contributed by atoms with Gasteiger partial charge >= 0.3 is 0 Å². The summed E-state index contributed by atoms with van der Waals surface area (Å²) < 4.78 is 0. The van der Waals surface area contributed by atoms with Crippen molar-refractivity contribution in [2.24, 2.45) is 5.92 Å². The van der Waals surface area contributed by atoms with Gasteiger partial charge in [-0.3, -0.25) is 24.4 Å². The predicted octanol–water partition coefficient (Wildman–Crippen LogP) is 5.47. The number of H-pyrrole nitrogens is 1. The van der Waals surface area contributed by atoms with Crippen LogP contribution in [0.1, 0.15) is 42.3 Å². The molecule has 7 rings (SSSR count). The molecule has 3 aromatic heterocycles. The fourth-order valence-electron chi connectivity index (χ4n) is 6.60. The second-order valence-corrected chi connectivity index (χ2v) is 12.5. The first-order chi connectivity index (χ1) is 23.5. The lowest BCUT2D eigenvalue weighted by atomic mass is 10.0. The van der Waals surface area contributed by atoms with Crippen LogP contribution in [0.5, 0.6) is 0 Å². The van der Waals surface area contributed by atoms with Crippen LogP contribution in [-0.2, 0) is 27.2 Å². The highest BCUT2D eigenvalue weighted by Crippen LogP contribution is 2.33. The molecule has 242 valence electrons. The SMILES string of the molecule is O=C(Nc1ccc(-c2ccc(-c3cnc([C@@H]4CCCN4C(=O)Cc4ccncc4)[nH]3)cc2)cc1)[C@@H]1CCN(C(=O)Cc2ccncc2)C1. The molecule has 48 heavy (non-hydrogen) atoms. The smallest absolute Gasteiger partial charge is 0.229 e. The zero-order valence-electron chi connectivity index (χ0n) is 26.6. The summed E-state index contributed by atoms with van der Waals surface area (Å²) in [5.41, 5.74) is 6.63. The number of hydrogen-bond acceptors (Lipinski definition) is 6. The molecule has 0 aliphatic carbocycles. The Morgan fingerprint density at radius 2 is 1.33 bits per heavy atom. The van der Waals surface area contributed by atoms with E-state index in [1.807, 2.05) is 59.6 Å². The number of rotatable bonds is 9. The number of nitrogens with one attached hydrogen (secondary N) is 2. The highest BCUT2D eigenvalue weighted by molar-refractivity contribution is 5.94. The Balaban J connectivity index is 0.931. The van der Waals surface area contributed by atoms with E-state index in [0.29, 0.717) is 32.4 Å². The van der Waals surface area contributed by atoms with E-state index in [0.717, 1.165) is 64.4 Å². The van der Waals surface area contributed by atoms with Gasteiger partial charge in [0.05, 0.1) is 36.7 Å². The van der Waals surface area contributed by atoms with Crippen LogP contribution in [0.15, 0.2) is 104 Å². The van der Waals surface area contributed by atoms with Crippen LogP contribution in [0.2, 0.25) is 0 Å². The highest BCUT2D eigenvalue weighted by atomic mass is 16.2. The summed E-state index contributed by atoms with van der Waals surface area (Å²) in [5, 5.41) is 3.03. The fraction of sp³-hybridized carbons (Fsp3) is 0.263. The Morgan fingerprint density at radius 1 is 0.729 bits per heavy atom. The molecular formula is C38H37N7O3. The van der Waals surface area contributed by atoms with Crippen LogP contribution in [0.3, 0.4) is 0 Å². The summed E-state index contributed by atoms with van der Waals surface area (Å²) in [4.78, 5) is 58.7. The van der Waals surface area contributed by atoms with Crippen LogP contribution in [0, 0.1) is 5.92 Å². The van der Waals surface area contributed by atoms with Gasteiger partial charge in [0.2, 0.25) is 17.7 Å². The molecule has 10 nitrogen and oxygen atoms in total. The molecule has 0 saturated carbocycles. The molecule has 2 N–H and O–H groups in total. The van der Waals surface area contributed by atoms with Crippen molar-refractivity contribution < 1.29 is 14.4 Å². The highest BCUT2D eigenvalue weighted by Gasteiger charge is 2.32. The maximum Gasteiger partial charge on any atom is 0.229 e. The second-order valence-electron chi connectivity index (χ2n) is 12.5. The minimum Gasteiger partial charge on any atom is -0.342 e. The van der Waals surface area contributed by atoms with E-state index in [4.69, 9.17) is 0 Å². The average molecular weight is 640 g/mol. The number of imidazole rings is 1. The third-order valence-corrected chi connectivity index (χ3v) is 9.29. The van der Waals surface area contributed by atoms with Crippen molar-refractivity contribution in [3.63, 3.8) is 0 Å². The largest absolute Gasteiger partial charge is 0.342 e. The van der Waals surface area contributed by atoms with E-state index in [-0.39, 0.29) is 29.7 Å². The lowest BCUT2D eigenvalue weighted by molar-refractivity contribution is -0.132. The number of hydrogen-bond donors (Lipinski definition) is 2. The van der Waals surface area contributed by atoms with Crippen LogP contribution in [0.4, 0.5) is 5.69 Å². The van der Waals surface area contributed by atoms with Crippen molar-refractivity contribution in [1.82, 2.24) is 29.7 Å². The van der Waals surface area contributed by atoms with E-state index in [9.17, 15) is 14.4 Å². The Labute approximate surface area is 279 Å². The first-order valence-electron chi connectivity index (χ1n) is 16.4. The number of anilines is 1. The van der Waals surface area contributed by atoms with Gasteiger partial charge in [0.1, 0.15) is 5.82 Å². The van der Waals surface area contributed by atoms with Gasteiger partial charge in [-0.2, -0.15) is 0 Å². The summed E-state index contributed by atoms with van der Waals surface area (Å²) in [6.45, 7) is 1.75. The van der Waals surface area contributed by atoms with Gasteiger partial charge in [-0.05, 0) is 83.5 Å². The molecule has 0 bridgehead atoms. The summed E-state index contributed by atoms with van der Waals surface area (Å²) in [7, 11) is 0. The zero-order chi connectivity index (χ0) is 32.9. The van der Waals surface area contributed by atoms with E-state index in [2.05, 4.69) is 49.5 Å². The lowest BCUT2D eigenvalue weighted by Crippen LogP contribution is -2.32. The van der Waals surface area contributed by atoms with Crippen molar-refractivity contribution in [1.29, 1.82) is 0 Å². The number of carbonyl (C=O) groups excluding carboxylic acids is 3. The lowest BCUT2D eigenvalue weighted by Gasteiger charge is -2.23. The van der Waals surface area contributed by atoms with Crippen molar-refractivity contribution in [3.8, 4) is 22.4 Å². The second kappa shape index (κ2) is 14.0. The van der Waals surface area contributed by atoms with Crippen LogP contribution in [-0.4, -0.2) is 67.1 Å². The van der Waals surface area contributed by atoms with Gasteiger partial charge in [-0.15, -0.1) is 0 Å². The molecule has 2 aromatic carbocycles. The third-order valence-electron chi connectivity index (χ3n) is 9.29. The predicted molar refractivity (Wildman–Crippen MR) is 182 cm³/mol. The zero-order valence-corrected chi connectivity index (χ0v) is 26.6. The number of amides is 3.